The zero-order valence-electron chi connectivity index (χ0n) is 9.74. The molecule has 0 bridgehead atoms. The first-order valence-corrected chi connectivity index (χ1v) is 6.02. The second-order valence-corrected chi connectivity index (χ2v) is 4.56. The molecule has 2 rings (SSSR count). The van der Waals surface area contributed by atoms with Crippen LogP contribution in [0.25, 0.3) is 0 Å². The summed E-state index contributed by atoms with van der Waals surface area (Å²) < 4.78 is 2.11. The van der Waals surface area contributed by atoms with Gasteiger partial charge in [0.05, 0.1) is 6.04 Å². The summed E-state index contributed by atoms with van der Waals surface area (Å²) in [5.74, 6) is 2.08. The van der Waals surface area contributed by atoms with E-state index >= 15 is 0 Å². The van der Waals surface area contributed by atoms with Crippen LogP contribution in [0.2, 0.25) is 0 Å². The van der Waals surface area contributed by atoms with Crippen LogP contribution < -0.4 is 5.32 Å². The molecule has 1 fully saturated rings. The van der Waals surface area contributed by atoms with Crippen LogP contribution in [0.5, 0.6) is 0 Å². The van der Waals surface area contributed by atoms with Crippen molar-refractivity contribution in [3.05, 3.63) is 18.2 Å². The molecule has 15 heavy (non-hydrogen) atoms. The highest BCUT2D eigenvalue weighted by molar-refractivity contribution is 4.98. The lowest BCUT2D eigenvalue weighted by atomic mass is 9.85. The largest absolute Gasteiger partial charge is 0.337 e. The molecule has 1 aromatic heterocycles. The minimum Gasteiger partial charge on any atom is -0.337 e. The molecular weight excluding hydrogens is 186 g/mol. The summed E-state index contributed by atoms with van der Waals surface area (Å²) in [4.78, 5) is 4.41. The van der Waals surface area contributed by atoms with E-state index in [-0.39, 0.29) is 0 Å². The zero-order chi connectivity index (χ0) is 10.7. The maximum atomic E-state index is 4.41. The number of hydrogen-bond donors (Lipinski definition) is 1. The third-order valence-corrected chi connectivity index (χ3v) is 3.46. The monoisotopic (exact) mass is 207 g/mol. The summed E-state index contributed by atoms with van der Waals surface area (Å²) >= 11 is 0. The number of nitrogens with one attached hydrogen (secondary N) is 1. The molecule has 1 N–H and O–H groups in total. The molecular formula is C12H21N3. The van der Waals surface area contributed by atoms with Gasteiger partial charge in [0, 0.05) is 19.4 Å². The van der Waals surface area contributed by atoms with Gasteiger partial charge in [0.15, 0.2) is 0 Å². The third-order valence-electron chi connectivity index (χ3n) is 3.46. The van der Waals surface area contributed by atoms with Gasteiger partial charge in [0.2, 0.25) is 0 Å². The summed E-state index contributed by atoms with van der Waals surface area (Å²) in [6.07, 6.45) is 9.24. The zero-order valence-corrected chi connectivity index (χ0v) is 9.74. The van der Waals surface area contributed by atoms with Crippen molar-refractivity contribution < 1.29 is 0 Å². The molecule has 0 amide bonds. The molecule has 1 aromatic rings. The molecule has 84 valence electrons. The van der Waals surface area contributed by atoms with Crippen LogP contribution in [0.1, 0.15) is 44.5 Å². The minimum absolute atomic E-state index is 0.422. The van der Waals surface area contributed by atoms with Crippen LogP contribution in [0.3, 0.4) is 0 Å². The predicted octanol–water partition coefficient (Wildman–Crippen LogP) is 2.26. The van der Waals surface area contributed by atoms with Gasteiger partial charge in [-0.25, -0.2) is 4.98 Å². The van der Waals surface area contributed by atoms with Crippen molar-refractivity contribution in [1.82, 2.24) is 14.9 Å². The molecule has 0 saturated heterocycles. The van der Waals surface area contributed by atoms with Crippen LogP contribution in [0.15, 0.2) is 12.4 Å². The van der Waals surface area contributed by atoms with E-state index < -0.39 is 0 Å². The Morgan fingerprint density at radius 1 is 1.60 bits per heavy atom. The second kappa shape index (κ2) is 4.79. The van der Waals surface area contributed by atoms with Crippen LogP contribution in [0.4, 0.5) is 0 Å². The number of rotatable bonds is 5. The standard InChI is InChI=1S/C12H21N3/c1-3-11(12-13-7-8-15(12)2)14-9-10-5-4-6-10/h7-8,10-11,14H,3-6,9H2,1-2H3. The predicted molar refractivity (Wildman–Crippen MR) is 61.6 cm³/mol. The molecule has 0 radical (unpaired) electrons. The van der Waals surface area contributed by atoms with Gasteiger partial charge < -0.3 is 9.88 Å². The minimum atomic E-state index is 0.422. The van der Waals surface area contributed by atoms with E-state index in [0.29, 0.717) is 6.04 Å². The average Bonchev–Trinajstić information content (AvgIpc) is 2.56. The Morgan fingerprint density at radius 3 is 2.87 bits per heavy atom. The van der Waals surface area contributed by atoms with E-state index in [1.807, 2.05) is 12.4 Å². The fourth-order valence-electron chi connectivity index (χ4n) is 2.14. The van der Waals surface area contributed by atoms with Crippen molar-refractivity contribution in [1.29, 1.82) is 0 Å². The van der Waals surface area contributed by atoms with E-state index in [4.69, 9.17) is 0 Å². The van der Waals surface area contributed by atoms with Crippen LogP contribution in [0, 0.1) is 5.92 Å². The molecule has 1 atom stereocenters. The van der Waals surface area contributed by atoms with Gasteiger partial charge in [-0.1, -0.05) is 13.3 Å². The lowest BCUT2D eigenvalue weighted by molar-refractivity contribution is 0.284. The van der Waals surface area contributed by atoms with Gasteiger partial charge in [-0.05, 0) is 31.7 Å². The molecule has 3 heteroatoms. The lowest BCUT2D eigenvalue weighted by Crippen LogP contribution is -2.31. The Morgan fingerprint density at radius 2 is 2.40 bits per heavy atom. The molecule has 1 aliphatic carbocycles. The highest BCUT2D eigenvalue weighted by Gasteiger charge is 2.20. The summed E-state index contributed by atoms with van der Waals surface area (Å²) in [6.45, 7) is 3.37. The number of nitrogens with zero attached hydrogens (tertiary/aromatic N) is 2. The van der Waals surface area contributed by atoms with E-state index in [1.165, 1.54) is 19.3 Å². The van der Waals surface area contributed by atoms with E-state index in [2.05, 4.69) is 28.8 Å². The van der Waals surface area contributed by atoms with Crippen molar-refractivity contribution in [2.24, 2.45) is 13.0 Å². The molecule has 3 nitrogen and oxygen atoms in total. The smallest absolute Gasteiger partial charge is 0.125 e. The Kier molecular flexibility index (Phi) is 3.41. The number of hydrogen-bond acceptors (Lipinski definition) is 2. The first-order chi connectivity index (χ1) is 7.31. The Hall–Kier alpha value is -0.830. The van der Waals surface area contributed by atoms with E-state index in [1.54, 1.807) is 0 Å². The molecule has 0 aliphatic heterocycles. The van der Waals surface area contributed by atoms with E-state index in [0.717, 1.165) is 24.7 Å². The maximum Gasteiger partial charge on any atom is 0.125 e. The van der Waals surface area contributed by atoms with Crippen LogP contribution >= 0.6 is 0 Å². The number of imidazole rings is 1. The van der Waals surface area contributed by atoms with Crippen molar-refractivity contribution in [3.8, 4) is 0 Å². The Labute approximate surface area is 91.9 Å². The first kappa shape index (κ1) is 10.7. The Balaban J connectivity index is 1.89. The van der Waals surface area contributed by atoms with Gasteiger partial charge in [0.1, 0.15) is 5.82 Å². The highest BCUT2D eigenvalue weighted by Crippen LogP contribution is 2.26. The molecule has 1 unspecified atom stereocenters. The topological polar surface area (TPSA) is 29.9 Å². The van der Waals surface area contributed by atoms with Gasteiger partial charge in [0.25, 0.3) is 0 Å². The van der Waals surface area contributed by atoms with Crippen molar-refractivity contribution in [3.63, 3.8) is 0 Å². The highest BCUT2D eigenvalue weighted by atomic mass is 15.1. The third kappa shape index (κ3) is 2.40. The quantitative estimate of drug-likeness (QED) is 0.802. The van der Waals surface area contributed by atoms with Crippen LogP contribution in [-0.2, 0) is 7.05 Å². The number of aryl methyl sites for hydroxylation is 1. The van der Waals surface area contributed by atoms with Gasteiger partial charge in [-0.2, -0.15) is 0 Å². The van der Waals surface area contributed by atoms with Gasteiger partial charge in [-0.15, -0.1) is 0 Å². The molecule has 0 aromatic carbocycles. The van der Waals surface area contributed by atoms with Crippen LogP contribution in [-0.4, -0.2) is 16.1 Å². The normalized spacial score (nSPS) is 18.8. The SMILES string of the molecule is CCC(NCC1CCC1)c1nccn1C. The summed E-state index contributed by atoms with van der Waals surface area (Å²) in [6, 6.07) is 0.422. The molecule has 0 spiro atoms. The van der Waals surface area contributed by atoms with Crippen molar-refractivity contribution in [2.75, 3.05) is 6.54 Å². The number of aromatic nitrogens is 2. The summed E-state index contributed by atoms with van der Waals surface area (Å²) in [5.41, 5.74) is 0. The lowest BCUT2D eigenvalue weighted by Gasteiger charge is -2.28. The fraction of sp³-hybridized carbons (Fsp3) is 0.750. The van der Waals surface area contributed by atoms with Crippen molar-refractivity contribution >= 4 is 0 Å². The van der Waals surface area contributed by atoms with E-state index in [9.17, 15) is 0 Å². The summed E-state index contributed by atoms with van der Waals surface area (Å²) in [7, 11) is 2.07. The summed E-state index contributed by atoms with van der Waals surface area (Å²) in [5, 5.41) is 3.63. The molecule has 1 saturated carbocycles. The molecule has 1 heterocycles. The van der Waals surface area contributed by atoms with Gasteiger partial charge >= 0.3 is 0 Å². The maximum absolute atomic E-state index is 4.41. The fourth-order valence-corrected chi connectivity index (χ4v) is 2.14. The molecule has 1 aliphatic rings. The van der Waals surface area contributed by atoms with Crippen molar-refractivity contribution in [2.45, 2.75) is 38.6 Å². The second-order valence-electron chi connectivity index (χ2n) is 4.56. The Bertz CT molecular complexity index is 302. The first-order valence-electron chi connectivity index (χ1n) is 6.02. The average molecular weight is 207 g/mol. The van der Waals surface area contributed by atoms with Gasteiger partial charge in [-0.3, -0.25) is 0 Å².